The van der Waals surface area contributed by atoms with Crippen LogP contribution >= 0.6 is 38.9 Å². The number of likely N-dealkylation sites (N-methyl/N-ethyl adjacent to an activating group) is 1. The third-order valence-electron chi connectivity index (χ3n) is 2.99. The van der Waals surface area contributed by atoms with Crippen LogP contribution in [0.1, 0.15) is 25.5 Å². The van der Waals surface area contributed by atoms with E-state index in [2.05, 4.69) is 45.9 Å². The Bertz CT molecular complexity index is 560. The first-order chi connectivity index (χ1) is 9.61. The summed E-state index contributed by atoms with van der Waals surface area (Å²) in [5.41, 5.74) is 1.23. The molecule has 108 valence electrons. The van der Waals surface area contributed by atoms with Crippen LogP contribution in [0.2, 0.25) is 5.02 Å². The number of hydrogen-bond donors (Lipinski definition) is 1. The van der Waals surface area contributed by atoms with E-state index in [1.807, 2.05) is 24.3 Å². The van der Waals surface area contributed by atoms with Crippen molar-refractivity contribution in [1.29, 1.82) is 0 Å². The normalized spacial score (nSPS) is 14.0. The summed E-state index contributed by atoms with van der Waals surface area (Å²) in [6, 6.07) is 7.64. The number of rotatable bonds is 6. The SMILES string of the molecule is CCNC(c1cscc1Br)C(C)Oc1cccc(Cl)c1. The molecule has 2 unspecified atom stereocenters. The Labute approximate surface area is 137 Å². The quantitative estimate of drug-likeness (QED) is 0.742. The van der Waals surface area contributed by atoms with Crippen LogP contribution in [0, 0.1) is 0 Å². The number of benzene rings is 1. The van der Waals surface area contributed by atoms with Crippen molar-refractivity contribution < 1.29 is 4.74 Å². The minimum atomic E-state index is -0.000633. The molecule has 5 heteroatoms. The number of hydrogen-bond acceptors (Lipinski definition) is 3. The lowest BCUT2D eigenvalue weighted by Crippen LogP contribution is -2.33. The second-order valence-electron chi connectivity index (χ2n) is 4.49. The highest BCUT2D eigenvalue weighted by atomic mass is 79.9. The van der Waals surface area contributed by atoms with Gasteiger partial charge >= 0.3 is 0 Å². The third kappa shape index (κ3) is 3.98. The Morgan fingerprint density at radius 2 is 2.20 bits per heavy atom. The van der Waals surface area contributed by atoms with Gasteiger partial charge in [0.2, 0.25) is 0 Å². The van der Waals surface area contributed by atoms with Crippen molar-refractivity contribution in [2.24, 2.45) is 0 Å². The van der Waals surface area contributed by atoms with Gasteiger partial charge in [-0.3, -0.25) is 0 Å². The molecule has 2 rings (SSSR count). The van der Waals surface area contributed by atoms with E-state index in [1.54, 1.807) is 11.3 Å². The Kier molecular flexibility index (Phi) is 5.90. The van der Waals surface area contributed by atoms with Gasteiger partial charge in [0.15, 0.2) is 0 Å². The second-order valence-corrected chi connectivity index (χ2v) is 6.53. The van der Waals surface area contributed by atoms with Crippen LogP contribution < -0.4 is 10.1 Å². The van der Waals surface area contributed by atoms with Crippen LogP contribution in [0.25, 0.3) is 0 Å². The summed E-state index contributed by atoms with van der Waals surface area (Å²) in [5, 5.41) is 8.40. The van der Waals surface area contributed by atoms with Crippen molar-refractivity contribution in [2.75, 3.05) is 6.54 Å². The van der Waals surface area contributed by atoms with Crippen LogP contribution in [0.15, 0.2) is 39.5 Å². The highest BCUT2D eigenvalue weighted by Gasteiger charge is 2.22. The Balaban J connectivity index is 2.15. The van der Waals surface area contributed by atoms with E-state index in [0.29, 0.717) is 5.02 Å². The average molecular weight is 375 g/mol. The van der Waals surface area contributed by atoms with Crippen LogP contribution in [-0.2, 0) is 0 Å². The molecule has 0 aliphatic carbocycles. The zero-order valence-corrected chi connectivity index (χ0v) is 14.6. The van der Waals surface area contributed by atoms with E-state index in [0.717, 1.165) is 16.8 Å². The first-order valence-corrected chi connectivity index (χ1v) is 8.60. The van der Waals surface area contributed by atoms with Gasteiger partial charge in [-0.25, -0.2) is 0 Å². The molecule has 0 spiro atoms. The molecular weight excluding hydrogens is 358 g/mol. The van der Waals surface area contributed by atoms with E-state index < -0.39 is 0 Å². The molecule has 0 aliphatic rings. The zero-order chi connectivity index (χ0) is 14.5. The van der Waals surface area contributed by atoms with Gasteiger partial charge < -0.3 is 10.1 Å². The monoisotopic (exact) mass is 373 g/mol. The predicted octanol–water partition coefficient (Wildman–Crippen LogP) is 5.28. The molecule has 1 aromatic heterocycles. The summed E-state index contributed by atoms with van der Waals surface area (Å²) in [6.45, 7) is 5.05. The molecule has 20 heavy (non-hydrogen) atoms. The number of halogens is 2. The summed E-state index contributed by atoms with van der Waals surface area (Å²) in [4.78, 5) is 0. The van der Waals surface area contributed by atoms with Gasteiger partial charge in [-0.1, -0.05) is 24.6 Å². The lowest BCUT2D eigenvalue weighted by molar-refractivity contribution is 0.171. The largest absolute Gasteiger partial charge is 0.489 e. The molecule has 0 amide bonds. The first-order valence-electron chi connectivity index (χ1n) is 6.49. The highest BCUT2D eigenvalue weighted by molar-refractivity contribution is 9.10. The maximum Gasteiger partial charge on any atom is 0.121 e. The second kappa shape index (κ2) is 7.46. The van der Waals surface area contributed by atoms with E-state index in [-0.39, 0.29) is 12.1 Å². The molecule has 0 fully saturated rings. The van der Waals surface area contributed by atoms with Crippen molar-refractivity contribution in [2.45, 2.75) is 26.0 Å². The van der Waals surface area contributed by atoms with Crippen molar-refractivity contribution in [3.63, 3.8) is 0 Å². The minimum absolute atomic E-state index is 0.000633. The molecule has 2 atom stereocenters. The van der Waals surface area contributed by atoms with Crippen molar-refractivity contribution in [3.05, 3.63) is 50.1 Å². The smallest absolute Gasteiger partial charge is 0.121 e. The van der Waals surface area contributed by atoms with Gasteiger partial charge in [-0.2, -0.15) is 11.3 Å². The van der Waals surface area contributed by atoms with Crippen LogP contribution in [-0.4, -0.2) is 12.6 Å². The molecule has 2 nitrogen and oxygen atoms in total. The van der Waals surface area contributed by atoms with Crippen molar-refractivity contribution in [3.8, 4) is 5.75 Å². The summed E-state index contributed by atoms with van der Waals surface area (Å²) in [7, 11) is 0. The Hall–Kier alpha value is -0.550. The van der Waals surface area contributed by atoms with Gasteiger partial charge in [-0.05, 0) is 58.5 Å². The maximum atomic E-state index is 6.03. The van der Waals surface area contributed by atoms with Crippen molar-refractivity contribution >= 4 is 38.9 Å². The fourth-order valence-electron chi connectivity index (χ4n) is 2.08. The number of thiophene rings is 1. The molecule has 0 aliphatic heterocycles. The lowest BCUT2D eigenvalue weighted by atomic mass is 10.1. The van der Waals surface area contributed by atoms with Crippen LogP contribution in [0.4, 0.5) is 0 Å². The molecule has 0 saturated heterocycles. The number of nitrogens with one attached hydrogen (secondary N) is 1. The fourth-order valence-corrected chi connectivity index (χ4v) is 3.85. The molecule has 0 bridgehead atoms. The number of ether oxygens (including phenoxy) is 1. The topological polar surface area (TPSA) is 21.3 Å². The lowest BCUT2D eigenvalue weighted by Gasteiger charge is -2.26. The van der Waals surface area contributed by atoms with Gasteiger partial charge in [0.25, 0.3) is 0 Å². The Morgan fingerprint density at radius 3 is 2.80 bits per heavy atom. The average Bonchev–Trinajstić information content (AvgIpc) is 2.82. The standard InChI is InChI=1S/C15H17BrClNOS/c1-3-18-15(13-8-20-9-14(13)16)10(2)19-12-6-4-5-11(17)7-12/h4-10,15,18H,3H2,1-2H3. The van der Waals surface area contributed by atoms with Gasteiger partial charge in [0, 0.05) is 14.9 Å². The Morgan fingerprint density at radius 1 is 1.40 bits per heavy atom. The van der Waals surface area contributed by atoms with Crippen LogP contribution in [0.3, 0.4) is 0 Å². The predicted molar refractivity (Wildman–Crippen MR) is 90.0 cm³/mol. The molecule has 1 aromatic carbocycles. The van der Waals surface area contributed by atoms with Crippen molar-refractivity contribution in [1.82, 2.24) is 5.32 Å². The molecule has 1 N–H and O–H groups in total. The van der Waals surface area contributed by atoms with Crippen LogP contribution in [0.5, 0.6) is 5.75 Å². The maximum absolute atomic E-state index is 6.03. The third-order valence-corrected chi connectivity index (χ3v) is 4.98. The molecule has 0 radical (unpaired) electrons. The zero-order valence-electron chi connectivity index (χ0n) is 11.4. The fraction of sp³-hybridized carbons (Fsp3) is 0.333. The highest BCUT2D eigenvalue weighted by Crippen LogP contribution is 2.31. The molecule has 0 saturated carbocycles. The molecule has 2 aromatic rings. The molecular formula is C15H17BrClNOS. The summed E-state index contributed by atoms with van der Waals surface area (Å²) in [5.74, 6) is 0.791. The van der Waals surface area contributed by atoms with Gasteiger partial charge in [0.05, 0.1) is 6.04 Å². The van der Waals surface area contributed by atoms with Gasteiger partial charge in [0.1, 0.15) is 11.9 Å². The van der Waals surface area contributed by atoms with E-state index >= 15 is 0 Å². The summed E-state index contributed by atoms with van der Waals surface area (Å²) >= 11 is 11.3. The summed E-state index contributed by atoms with van der Waals surface area (Å²) in [6.07, 6.45) is -0.000633. The van der Waals surface area contributed by atoms with E-state index in [1.165, 1.54) is 5.56 Å². The minimum Gasteiger partial charge on any atom is -0.489 e. The summed E-state index contributed by atoms with van der Waals surface area (Å²) < 4.78 is 7.15. The van der Waals surface area contributed by atoms with Gasteiger partial charge in [-0.15, -0.1) is 0 Å². The first kappa shape index (κ1) is 15.8. The van der Waals surface area contributed by atoms with E-state index in [4.69, 9.17) is 16.3 Å². The van der Waals surface area contributed by atoms with E-state index in [9.17, 15) is 0 Å². The molecule has 1 heterocycles.